The SMILES string of the molecule is O=C(Cn1nc(Cc2ccncc2)c2ccccc2c1=O)Nc1cccnc1Cl. The molecule has 4 rings (SSSR count). The minimum atomic E-state index is -0.417. The Morgan fingerprint density at radius 2 is 1.76 bits per heavy atom. The molecule has 0 aliphatic carbocycles. The van der Waals surface area contributed by atoms with Crippen molar-refractivity contribution in [3.63, 3.8) is 0 Å². The Morgan fingerprint density at radius 3 is 2.52 bits per heavy atom. The molecule has 0 fully saturated rings. The number of halogens is 1. The number of nitrogens with zero attached hydrogens (tertiary/aromatic N) is 4. The smallest absolute Gasteiger partial charge is 0.275 e. The van der Waals surface area contributed by atoms with Crippen molar-refractivity contribution in [2.75, 3.05) is 5.32 Å². The average Bonchev–Trinajstić information content (AvgIpc) is 2.74. The van der Waals surface area contributed by atoms with Crippen molar-refractivity contribution < 1.29 is 4.79 Å². The quantitative estimate of drug-likeness (QED) is 0.515. The van der Waals surface area contributed by atoms with E-state index >= 15 is 0 Å². The van der Waals surface area contributed by atoms with Gasteiger partial charge in [0.25, 0.3) is 5.56 Å². The molecule has 0 bridgehead atoms. The van der Waals surface area contributed by atoms with Gasteiger partial charge in [-0.25, -0.2) is 9.67 Å². The van der Waals surface area contributed by atoms with Gasteiger partial charge in [-0.2, -0.15) is 5.10 Å². The first-order chi connectivity index (χ1) is 14.1. The van der Waals surface area contributed by atoms with Crippen LogP contribution in [0, 0.1) is 0 Å². The minimum absolute atomic E-state index is 0.179. The van der Waals surface area contributed by atoms with Crippen molar-refractivity contribution in [1.29, 1.82) is 0 Å². The maximum atomic E-state index is 12.9. The Morgan fingerprint density at radius 1 is 1.00 bits per heavy atom. The number of anilines is 1. The lowest BCUT2D eigenvalue weighted by molar-refractivity contribution is -0.117. The Bertz CT molecular complexity index is 1240. The first kappa shape index (κ1) is 18.8. The lowest BCUT2D eigenvalue weighted by atomic mass is 10.1. The number of aromatic nitrogens is 4. The molecule has 7 nitrogen and oxygen atoms in total. The number of amides is 1. The standard InChI is InChI=1S/C21H16ClN5O2/c22-20-17(6-3-9-24-20)25-19(28)13-27-21(29)16-5-2-1-4-15(16)18(26-27)12-14-7-10-23-11-8-14/h1-11H,12-13H2,(H,25,28). The van der Waals surface area contributed by atoms with E-state index in [1.54, 1.807) is 36.7 Å². The highest BCUT2D eigenvalue weighted by molar-refractivity contribution is 6.32. The van der Waals surface area contributed by atoms with Gasteiger partial charge in [0.05, 0.1) is 16.8 Å². The van der Waals surface area contributed by atoms with Crippen LogP contribution in [0.3, 0.4) is 0 Å². The second-order valence-corrected chi connectivity index (χ2v) is 6.74. The van der Waals surface area contributed by atoms with Gasteiger partial charge in [0.1, 0.15) is 6.54 Å². The molecule has 3 heterocycles. The molecular weight excluding hydrogens is 390 g/mol. The van der Waals surface area contributed by atoms with E-state index in [-0.39, 0.29) is 17.3 Å². The average molecular weight is 406 g/mol. The van der Waals surface area contributed by atoms with Crippen molar-refractivity contribution in [3.05, 3.63) is 93.9 Å². The van der Waals surface area contributed by atoms with Gasteiger partial charge in [0, 0.05) is 30.4 Å². The predicted molar refractivity (Wildman–Crippen MR) is 111 cm³/mol. The monoisotopic (exact) mass is 405 g/mol. The Labute approximate surface area is 171 Å². The van der Waals surface area contributed by atoms with Gasteiger partial charge < -0.3 is 5.32 Å². The van der Waals surface area contributed by atoms with Gasteiger partial charge in [0.15, 0.2) is 5.15 Å². The van der Waals surface area contributed by atoms with Crippen LogP contribution in [0.5, 0.6) is 0 Å². The third-order valence-corrected chi connectivity index (χ3v) is 4.69. The zero-order chi connectivity index (χ0) is 20.2. The van der Waals surface area contributed by atoms with Crippen LogP contribution in [0.2, 0.25) is 5.15 Å². The van der Waals surface area contributed by atoms with Crippen LogP contribution in [0.4, 0.5) is 5.69 Å². The molecule has 0 radical (unpaired) electrons. The van der Waals surface area contributed by atoms with Gasteiger partial charge in [-0.1, -0.05) is 29.8 Å². The van der Waals surface area contributed by atoms with Crippen LogP contribution < -0.4 is 10.9 Å². The van der Waals surface area contributed by atoms with Crippen LogP contribution >= 0.6 is 11.6 Å². The molecule has 1 N–H and O–H groups in total. The number of carbonyl (C=O) groups is 1. The number of carbonyl (C=O) groups excluding carboxylic acids is 1. The summed E-state index contributed by atoms with van der Waals surface area (Å²) in [4.78, 5) is 33.3. The topological polar surface area (TPSA) is 89.8 Å². The summed E-state index contributed by atoms with van der Waals surface area (Å²) in [7, 11) is 0. The van der Waals surface area contributed by atoms with Crippen LogP contribution in [-0.2, 0) is 17.8 Å². The number of rotatable bonds is 5. The molecule has 144 valence electrons. The molecule has 4 aromatic rings. The van der Waals surface area contributed by atoms with Crippen LogP contribution in [0.15, 0.2) is 71.9 Å². The molecule has 0 spiro atoms. The van der Waals surface area contributed by atoms with E-state index in [9.17, 15) is 9.59 Å². The minimum Gasteiger partial charge on any atom is -0.322 e. The summed E-state index contributed by atoms with van der Waals surface area (Å²) in [6.45, 7) is -0.238. The lowest BCUT2D eigenvalue weighted by Gasteiger charge is -2.12. The zero-order valence-electron chi connectivity index (χ0n) is 15.2. The van der Waals surface area contributed by atoms with E-state index in [1.807, 2.05) is 24.3 Å². The normalized spacial score (nSPS) is 10.8. The van der Waals surface area contributed by atoms with E-state index in [0.29, 0.717) is 23.2 Å². The molecule has 0 atom stereocenters. The summed E-state index contributed by atoms with van der Waals surface area (Å²) in [5.41, 5.74) is 1.77. The number of hydrogen-bond donors (Lipinski definition) is 1. The van der Waals surface area contributed by atoms with Gasteiger partial charge in [0.2, 0.25) is 5.91 Å². The number of fused-ring (bicyclic) bond motifs is 1. The van der Waals surface area contributed by atoms with Gasteiger partial charge in [-0.05, 0) is 35.9 Å². The number of hydrogen-bond acceptors (Lipinski definition) is 5. The predicted octanol–water partition coefficient (Wildman–Crippen LogP) is 3.07. The van der Waals surface area contributed by atoms with Crippen molar-refractivity contribution in [1.82, 2.24) is 19.7 Å². The van der Waals surface area contributed by atoms with Crippen LogP contribution in [0.25, 0.3) is 10.8 Å². The van der Waals surface area contributed by atoms with Crippen molar-refractivity contribution in [2.24, 2.45) is 0 Å². The van der Waals surface area contributed by atoms with Crippen molar-refractivity contribution in [3.8, 4) is 0 Å². The molecular formula is C21H16ClN5O2. The van der Waals surface area contributed by atoms with Crippen molar-refractivity contribution in [2.45, 2.75) is 13.0 Å². The van der Waals surface area contributed by atoms with E-state index in [0.717, 1.165) is 10.9 Å². The molecule has 0 unspecified atom stereocenters. The summed E-state index contributed by atoms with van der Waals surface area (Å²) in [6.07, 6.45) is 5.45. The third kappa shape index (κ3) is 4.14. The van der Waals surface area contributed by atoms with Gasteiger partial charge in [-0.15, -0.1) is 0 Å². The summed E-state index contributed by atoms with van der Waals surface area (Å²) < 4.78 is 1.18. The zero-order valence-corrected chi connectivity index (χ0v) is 16.0. The molecule has 1 amide bonds. The number of benzene rings is 1. The highest BCUT2D eigenvalue weighted by Gasteiger charge is 2.14. The van der Waals surface area contributed by atoms with Gasteiger partial charge in [-0.3, -0.25) is 14.6 Å². The molecule has 0 saturated carbocycles. The Kier molecular flexibility index (Phi) is 5.31. The van der Waals surface area contributed by atoms with E-state index < -0.39 is 5.91 Å². The highest BCUT2D eigenvalue weighted by atomic mass is 35.5. The molecule has 0 saturated heterocycles. The molecule has 3 aromatic heterocycles. The van der Waals surface area contributed by atoms with Crippen molar-refractivity contribution >= 4 is 34.0 Å². The summed E-state index contributed by atoms with van der Waals surface area (Å²) in [6, 6.07) is 14.3. The largest absolute Gasteiger partial charge is 0.322 e. The van der Waals surface area contributed by atoms with Gasteiger partial charge >= 0.3 is 0 Å². The molecule has 0 aliphatic rings. The van der Waals surface area contributed by atoms with E-state index in [1.165, 1.54) is 10.9 Å². The van der Waals surface area contributed by atoms with E-state index in [2.05, 4.69) is 20.4 Å². The molecule has 0 aliphatic heterocycles. The second-order valence-electron chi connectivity index (χ2n) is 6.38. The summed E-state index contributed by atoms with van der Waals surface area (Å²) in [5.74, 6) is -0.417. The lowest BCUT2D eigenvalue weighted by Crippen LogP contribution is -2.30. The Hall–Kier alpha value is -3.58. The Balaban J connectivity index is 1.69. The second kappa shape index (κ2) is 8.20. The fourth-order valence-corrected chi connectivity index (χ4v) is 3.21. The summed E-state index contributed by atoms with van der Waals surface area (Å²) in [5, 5.41) is 8.59. The maximum Gasteiger partial charge on any atom is 0.275 e. The fourth-order valence-electron chi connectivity index (χ4n) is 3.04. The molecule has 29 heavy (non-hydrogen) atoms. The van der Waals surface area contributed by atoms with E-state index in [4.69, 9.17) is 11.6 Å². The first-order valence-electron chi connectivity index (χ1n) is 8.90. The highest BCUT2D eigenvalue weighted by Crippen LogP contribution is 2.18. The first-order valence-corrected chi connectivity index (χ1v) is 9.27. The maximum absolute atomic E-state index is 12.9. The number of pyridine rings is 2. The molecule has 8 heteroatoms. The van der Waals surface area contributed by atoms with Crippen LogP contribution in [0.1, 0.15) is 11.3 Å². The third-order valence-electron chi connectivity index (χ3n) is 4.39. The summed E-state index contributed by atoms with van der Waals surface area (Å²) >= 11 is 5.98. The number of nitrogens with one attached hydrogen (secondary N) is 1. The fraction of sp³-hybridized carbons (Fsp3) is 0.0952. The molecule has 1 aromatic carbocycles. The van der Waals surface area contributed by atoms with Crippen LogP contribution in [-0.4, -0.2) is 25.7 Å².